The molecule has 0 saturated heterocycles. The van der Waals surface area contributed by atoms with Gasteiger partial charge in [-0.05, 0) is 12.8 Å². The van der Waals surface area contributed by atoms with E-state index in [4.69, 9.17) is 0 Å². The van der Waals surface area contributed by atoms with Crippen LogP contribution in [0.2, 0.25) is 0 Å². The molecule has 0 radical (unpaired) electrons. The lowest BCUT2D eigenvalue weighted by Crippen LogP contribution is -2.33. The molecule has 0 unspecified atom stereocenters. The molecule has 13 heavy (non-hydrogen) atoms. The van der Waals surface area contributed by atoms with Crippen LogP contribution in [0.4, 0.5) is 0 Å². The van der Waals surface area contributed by atoms with Crippen molar-refractivity contribution in [3.8, 4) is 0 Å². The van der Waals surface area contributed by atoms with Crippen LogP contribution in [0, 0.1) is 0 Å². The zero-order valence-corrected chi connectivity index (χ0v) is 10.0. The minimum Gasteiger partial charge on any atom is -0.295 e. The number of rotatable bonds is 0. The molecule has 0 bridgehead atoms. The van der Waals surface area contributed by atoms with Crippen LogP contribution in [-0.2, 0) is 9.78 Å². The van der Waals surface area contributed by atoms with Crippen LogP contribution >= 0.6 is 31.9 Å². The van der Waals surface area contributed by atoms with Crippen molar-refractivity contribution in [1.29, 1.82) is 0 Å². The molecule has 0 amide bonds. The zero-order valence-electron chi connectivity index (χ0n) is 6.83. The molecule has 70 valence electrons. The number of hydrogen-bond donors (Lipinski definition) is 0. The van der Waals surface area contributed by atoms with Gasteiger partial charge in [0.05, 0.1) is 0 Å². The van der Waals surface area contributed by atoms with Crippen LogP contribution in [0.15, 0.2) is 17.1 Å². The first-order valence-corrected chi connectivity index (χ1v) is 5.64. The van der Waals surface area contributed by atoms with Crippen LogP contribution in [0.3, 0.4) is 0 Å². The van der Waals surface area contributed by atoms with Crippen molar-refractivity contribution in [3.63, 3.8) is 0 Å². The lowest BCUT2D eigenvalue weighted by atomic mass is 10.1. The quantitative estimate of drug-likeness (QED) is 0.687. The molecule has 1 aliphatic rings. The molecule has 1 aliphatic heterocycles. The Hall–Kier alpha value is -0.160. The fourth-order valence-corrected chi connectivity index (χ4v) is 2.71. The van der Waals surface area contributed by atoms with Gasteiger partial charge in [-0.15, -0.1) is 0 Å². The standard InChI is InChI=1S/C8H8Br2N2O/c9-8(10)3-1-5-12-6(13)2-4-11-7(8)12/h2,4H,1,3,5H2. The third-order valence-electron chi connectivity index (χ3n) is 2.14. The summed E-state index contributed by atoms with van der Waals surface area (Å²) in [5.74, 6) is 0.770. The van der Waals surface area contributed by atoms with Gasteiger partial charge in [0.15, 0.2) is 0 Å². The van der Waals surface area contributed by atoms with Crippen LogP contribution in [0.1, 0.15) is 18.7 Å². The Morgan fingerprint density at radius 3 is 3.00 bits per heavy atom. The molecular formula is C8H8Br2N2O. The Morgan fingerprint density at radius 1 is 1.54 bits per heavy atom. The second-order valence-electron chi connectivity index (χ2n) is 3.07. The molecule has 0 fully saturated rings. The van der Waals surface area contributed by atoms with Gasteiger partial charge >= 0.3 is 0 Å². The zero-order chi connectivity index (χ0) is 9.47. The Labute approximate surface area is 92.4 Å². The van der Waals surface area contributed by atoms with Crippen LogP contribution in [0.5, 0.6) is 0 Å². The third-order valence-corrected chi connectivity index (χ3v) is 3.64. The number of fused-ring (bicyclic) bond motifs is 1. The number of hydrogen-bond acceptors (Lipinski definition) is 2. The highest BCUT2D eigenvalue weighted by Crippen LogP contribution is 2.43. The summed E-state index contributed by atoms with van der Waals surface area (Å²) < 4.78 is 1.38. The number of halogens is 2. The van der Waals surface area contributed by atoms with Gasteiger partial charge in [-0.2, -0.15) is 0 Å². The molecular weight excluding hydrogens is 300 g/mol. The molecule has 2 rings (SSSR count). The molecule has 3 nitrogen and oxygen atoms in total. The molecule has 0 aliphatic carbocycles. The summed E-state index contributed by atoms with van der Waals surface area (Å²) >= 11 is 7.04. The van der Waals surface area contributed by atoms with Crippen molar-refractivity contribution in [1.82, 2.24) is 9.55 Å². The molecule has 0 atom stereocenters. The van der Waals surface area contributed by atoms with E-state index in [1.165, 1.54) is 6.07 Å². The van der Waals surface area contributed by atoms with E-state index < -0.39 is 0 Å². The van der Waals surface area contributed by atoms with E-state index in [1.807, 2.05) is 0 Å². The van der Waals surface area contributed by atoms with Gasteiger partial charge in [0.2, 0.25) is 0 Å². The van der Waals surface area contributed by atoms with Crippen molar-refractivity contribution in [3.05, 3.63) is 28.4 Å². The summed E-state index contributed by atoms with van der Waals surface area (Å²) in [4.78, 5) is 15.6. The summed E-state index contributed by atoms with van der Waals surface area (Å²) in [6.07, 6.45) is 3.48. The second-order valence-corrected chi connectivity index (χ2v) is 6.84. The van der Waals surface area contributed by atoms with Crippen molar-refractivity contribution in [2.45, 2.75) is 22.6 Å². The summed E-state index contributed by atoms with van der Waals surface area (Å²) in [7, 11) is 0. The molecule has 0 spiro atoms. The molecule has 5 heteroatoms. The predicted molar refractivity (Wildman–Crippen MR) is 57.3 cm³/mol. The van der Waals surface area contributed by atoms with Crippen molar-refractivity contribution < 1.29 is 0 Å². The van der Waals surface area contributed by atoms with Gasteiger partial charge in [0, 0.05) is 18.8 Å². The van der Waals surface area contributed by atoms with Gasteiger partial charge in [0.1, 0.15) is 9.06 Å². The van der Waals surface area contributed by atoms with E-state index in [2.05, 4.69) is 36.8 Å². The predicted octanol–water partition coefficient (Wildman–Crippen LogP) is 1.98. The monoisotopic (exact) mass is 306 g/mol. The second kappa shape index (κ2) is 3.20. The Bertz CT molecular complexity index is 386. The Morgan fingerprint density at radius 2 is 2.31 bits per heavy atom. The summed E-state index contributed by atoms with van der Waals surface area (Å²) in [5, 5.41) is 0. The summed E-state index contributed by atoms with van der Waals surface area (Å²) in [6, 6.07) is 1.49. The lowest BCUT2D eigenvalue weighted by Gasteiger charge is -2.28. The molecule has 0 N–H and O–H groups in total. The topological polar surface area (TPSA) is 34.9 Å². The Kier molecular flexibility index (Phi) is 2.32. The maximum atomic E-state index is 11.4. The lowest BCUT2D eigenvalue weighted by molar-refractivity contribution is 0.478. The minimum atomic E-state index is -0.321. The summed E-state index contributed by atoms with van der Waals surface area (Å²) in [6.45, 7) is 0.765. The van der Waals surface area contributed by atoms with Gasteiger partial charge in [-0.25, -0.2) is 4.98 Å². The highest BCUT2D eigenvalue weighted by Gasteiger charge is 2.33. The molecule has 1 aromatic heterocycles. The minimum absolute atomic E-state index is 0.0213. The first-order chi connectivity index (χ1) is 6.11. The molecule has 0 aromatic carbocycles. The fraction of sp³-hybridized carbons (Fsp3) is 0.500. The van der Waals surface area contributed by atoms with Crippen molar-refractivity contribution >= 4 is 31.9 Å². The number of nitrogens with zero attached hydrogens (tertiary/aromatic N) is 2. The van der Waals surface area contributed by atoms with E-state index in [0.717, 1.165) is 25.2 Å². The van der Waals surface area contributed by atoms with Crippen LogP contribution in [-0.4, -0.2) is 9.55 Å². The van der Waals surface area contributed by atoms with Gasteiger partial charge in [-0.1, -0.05) is 31.9 Å². The molecule has 2 heterocycles. The van der Waals surface area contributed by atoms with E-state index in [0.29, 0.717) is 0 Å². The van der Waals surface area contributed by atoms with Crippen molar-refractivity contribution in [2.24, 2.45) is 0 Å². The molecule has 1 aromatic rings. The van der Waals surface area contributed by atoms with Gasteiger partial charge < -0.3 is 0 Å². The highest BCUT2D eigenvalue weighted by molar-refractivity contribution is 9.24. The van der Waals surface area contributed by atoms with Gasteiger partial charge in [0.25, 0.3) is 5.56 Å². The SMILES string of the molecule is O=c1ccnc2n1CCCC2(Br)Br. The fourth-order valence-electron chi connectivity index (χ4n) is 1.51. The highest BCUT2D eigenvalue weighted by atomic mass is 79.9. The first kappa shape index (κ1) is 9.40. The summed E-state index contributed by atoms with van der Waals surface area (Å²) in [5.41, 5.74) is 0.0213. The normalized spacial score (nSPS) is 19.5. The van der Waals surface area contributed by atoms with E-state index >= 15 is 0 Å². The average molecular weight is 308 g/mol. The first-order valence-electron chi connectivity index (χ1n) is 4.05. The number of aromatic nitrogens is 2. The Balaban J connectivity index is 2.65. The number of alkyl halides is 2. The van der Waals surface area contributed by atoms with Crippen LogP contribution in [0.25, 0.3) is 0 Å². The van der Waals surface area contributed by atoms with Crippen LogP contribution < -0.4 is 5.56 Å². The molecule has 0 saturated carbocycles. The van der Waals surface area contributed by atoms with E-state index in [-0.39, 0.29) is 8.79 Å². The van der Waals surface area contributed by atoms with Crippen molar-refractivity contribution in [2.75, 3.05) is 0 Å². The van der Waals surface area contributed by atoms with E-state index in [1.54, 1.807) is 10.8 Å². The average Bonchev–Trinajstić information content (AvgIpc) is 2.06. The van der Waals surface area contributed by atoms with Gasteiger partial charge in [-0.3, -0.25) is 9.36 Å². The smallest absolute Gasteiger partial charge is 0.253 e. The third kappa shape index (κ3) is 1.59. The maximum absolute atomic E-state index is 11.4. The largest absolute Gasteiger partial charge is 0.295 e. The maximum Gasteiger partial charge on any atom is 0.253 e. The van der Waals surface area contributed by atoms with E-state index in [9.17, 15) is 4.79 Å².